The average Bonchev–Trinajstić information content (AvgIpc) is 3.22. The quantitative estimate of drug-likeness (QED) is 0.254. The van der Waals surface area contributed by atoms with Crippen LogP contribution in [0.1, 0.15) is 48.8 Å². The highest BCUT2D eigenvalue weighted by molar-refractivity contribution is 7.86. The van der Waals surface area contributed by atoms with Crippen LogP contribution in [0.25, 0.3) is 10.8 Å². The van der Waals surface area contributed by atoms with Gasteiger partial charge in [0.1, 0.15) is 11.7 Å². The number of rotatable bonds is 9. The number of nitrogens with zero attached hydrogens (tertiary/aromatic N) is 3. The van der Waals surface area contributed by atoms with Gasteiger partial charge in [-0.25, -0.2) is 19.6 Å². The molecule has 1 aliphatic heterocycles. The van der Waals surface area contributed by atoms with Crippen LogP contribution in [0.5, 0.6) is 0 Å². The molecule has 40 heavy (non-hydrogen) atoms. The van der Waals surface area contributed by atoms with Gasteiger partial charge in [0.05, 0.1) is 11.1 Å². The third-order valence-electron chi connectivity index (χ3n) is 7.24. The molecule has 4 rings (SSSR count). The van der Waals surface area contributed by atoms with Crippen LogP contribution in [0.3, 0.4) is 0 Å². The number of carbonyl (C=O) groups is 3. The van der Waals surface area contributed by atoms with E-state index in [1.54, 1.807) is 24.3 Å². The molecule has 3 atom stereocenters. The van der Waals surface area contributed by atoms with Crippen LogP contribution < -0.4 is 11.1 Å². The second-order valence-corrected chi connectivity index (χ2v) is 12.2. The molecule has 0 saturated carbocycles. The number of aromatic carboxylic acids is 1. The smallest absolute Gasteiger partial charge is 0.354 e. The SMILES string of the molecule is C[C@@](CC(N)=O)(Cc1nc(C(=O)O)cc2ccccc12)C(=O)[N+]([O-])(C1CCCNCC1)S(=O)(=O)c1ccccn1. The first-order chi connectivity index (χ1) is 18.9. The number of carboxylic acids is 1. The number of hydrogen-bond acceptors (Lipinski definition) is 9. The van der Waals surface area contributed by atoms with Gasteiger partial charge in [-0.2, -0.15) is 12.5 Å². The number of primary amides is 1. The zero-order chi connectivity index (χ0) is 29.1. The van der Waals surface area contributed by atoms with Crippen molar-refractivity contribution in [2.24, 2.45) is 11.1 Å². The molecule has 4 N–H and O–H groups in total. The lowest BCUT2D eigenvalue weighted by molar-refractivity contribution is -0.709. The van der Waals surface area contributed by atoms with E-state index in [9.17, 15) is 33.1 Å². The highest BCUT2D eigenvalue weighted by Gasteiger charge is 2.56. The zero-order valence-electron chi connectivity index (χ0n) is 21.9. The van der Waals surface area contributed by atoms with E-state index in [2.05, 4.69) is 15.3 Å². The van der Waals surface area contributed by atoms with Gasteiger partial charge in [-0.3, -0.25) is 4.79 Å². The van der Waals surface area contributed by atoms with Gasteiger partial charge in [-0.05, 0) is 43.5 Å². The number of hydrogen-bond donors (Lipinski definition) is 3. The molecular weight excluding hydrogens is 538 g/mol. The van der Waals surface area contributed by atoms with Crippen LogP contribution in [0.15, 0.2) is 59.8 Å². The Labute approximate surface area is 231 Å². The van der Waals surface area contributed by atoms with Crippen molar-refractivity contribution in [2.75, 3.05) is 13.1 Å². The lowest BCUT2D eigenvalue weighted by Crippen LogP contribution is -2.63. The normalized spacial score (nSPS) is 19.2. The molecule has 3 aromatic rings. The van der Waals surface area contributed by atoms with Gasteiger partial charge in [0.25, 0.3) is 0 Å². The maximum Gasteiger partial charge on any atom is 0.354 e. The average molecular weight is 570 g/mol. The number of hydroxylamine groups is 2. The molecule has 12 nitrogen and oxygen atoms in total. The molecule has 0 radical (unpaired) electrons. The Morgan fingerprint density at radius 1 is 1.15 bits per heavy atom. The summed E-state index contributed by atoms with van der Waals surface area (Å²) in [5.74, 6) is -3.53. The number of fused-ring (bicyclic) bond motifs is 1. The van der Waals surface area contributed by atoms with Gasteiger partial charge in [-0.1, -0.05) is 30.3 Å². The summed E-state index contributed by atoms with van der Waals surface area (Å²) in [5.41, 5.74) is 3.40. The standard InChI is InChI=1S/C27H31N5O7S/c1-27(17-23(28)33,16-22-20-9-3-2-7-18(20)15-21(31-22)25(34)35)26(36)32(37,19-8-6-12-29-14-11-19)40(38,39)24-10-4-5-13-30-24/h2-5,7,9-10,13,15,19,29H,6,8,11-12,14,16-17H2,1H3,(H2,28,33)(H,34,35)/t19?,27-,32?/m0/s1. The summed E-state index contributed by atoms with van der Waals surface area (Å²) in [6, 6.07) is 10.9. The predicted octanol–water partition coefficient (Wildman–Crippen LogP) is 2.12. The third-order valence-corrected chi connectivity index (χ3v) is 9.19. The Balaban J connectivity index is 1.92. The van der Waals surface area contributed by atoms with E-state index in [0.717, 1.165) is 6.07 Å². The van der Waals surface area contributed by atoms with Crippen LogP contribution in [0, 0.1) is 10.6 Å². The summed E-state index contributed by atoms with van der Waals surface area (Å²) in [5, 5.41) is 28.0. The number of carboxylic acid groups (broad SMARTS) is 1. The van der Waals surface area contributed by atoms with E-state index in [0.29, 0.717) is 30.3 Å². The highest BCUT2D eigenvalue weighted by atomic mass is 32.2. The molecule has 2 unspecified atom stereocenters. The minimum atomic E-state index is -4.96. The molecule has 13 heteroatoms. The van der Waals surface area contributed by atoms with Crippen molar-refractivity contribution in [1.82, 2.24) is 15.3 Å². The number of amides is 2. The van der Waals surface area contributed by atoms with Gasteiger partial charge >= 0.3 is 21.9 Å². The molecule has 0 spiro atoms. The molecule has 2 amide bonds. The summed E-state index contributed by atoms with van der Waals surface area (Å²) in [6.07, 6.45) is 0.829. The molecule has 1 aliphatic rings. The van der Waals surface area contributed by atoms with Crippen molar-refractivity contribution in [2.45, 2.75) is 50.1 Å². The van der Waals surface area contributed by atoms with Gasteiger partial charge < -0.3 is 21.4 Å². The van der Waals surface area contributed by atoms with Crippen molar-refractivity contribution in [3.05, 3.63) is 71.3 Å². The van der Waals surface area contributed by atoms with Crippen molar-refractivity contribution in [3.8, 4) is 0 Å². The largest absolute Gasteiger partial charge is 0.608 e. The van der Waals surface area contributed by atoms with E-state index >= 15 is 0 Å². The molecule has 3 heterocycles. The summed E-state index contributed by atoms with van der Waals surface area (Å²) < 4.78 is 25.7. The Morgan fingerprint density at radius 3 is 2.55 bits per heavy atom. The Morgan fingerprint density at radius 2 is 1.88 bits per heavy atom. The maximum absolute atomic E-state index is 14.9. The van der Waals surface area contributed by atoms with Gasteiger partial charge in [-0.15, -0.1) is 0 Å². The van der Waals surface area contributed by atoms with Gasteiger partial charge in [0.2, 0.25) is 10.9 Å². The predicted molar refractivity (Wildman–Crippen MR) is 145 cm³/mol. The molecule has 2 aromatic heterocycles. The molecule has 0 bridgehead atoms. The molecular formula is C27H31N5O7S. The molecule has 0 aliphatic carbocycles. The van der Waals surface area contributed by atoms with E-state index in [-0.39, 0.29) is 24.2 Å². The summed E-state index contributed by atoms with van der Waals surface area (Å²) in [6.45, 7) is 2.17. The number of quaternary nitrogens is 1. The number of nitrogens with two attached hydrogens (primary N) is 1. The van der Waals surface area contributed by atoms with E-state index < -0.39 is 61.2 Å². The van der Waals surface area contributed by atoms with E-state index in [4.69, 9.17) is 5.73 Å². The second kappa shape index (κ2) is 11.4. The van der Waals surface area contributed by atoms with Crippen LogP contribution in [-0.4, -0.2) is 64.5 Å². The second-order valence-electron chi connectivity index (χ2n) is 10.2. The number of pyridine rings is 2. The minimum Gasteiger partial charge on any atom is -0.608 e. The molecule has 1 aromatic carbocycles. The molecule has 1 fully saturated rings. The Kier molecular flexibility index (Phi) is 8.30. The Bertz CT molecular complexity index is 1540. The van der Waals surface area contributed by atoms with E-state index in [1.165, 1.54) is 31.3 Å². The fourth-order valence-corrected chi connectivity index (χ4v) is 7.07. The van der Waals surface area contributed by atoms with Gasteiger partial charge in [0.15, 0.2) is 0 Å². The number of carbonyl (C=O) groups excluding carboxylic acids is 2. The highest BCUT2D eigenvalue weighted by Crippen LogP contribution is 2.40. The lowest BCUT2D eigenvalue weighted by atomic mass is 9.79. The first-order valence-electron chi connectivity index (χ1n) is 12.8. The first kappa shape index (κ1) is 29.2. The number of aromatic nitrogens is 2. The molecule has 1 saturated heterocycles. The third kappa shape index (κ3) is 5.45. The monoisotopic (exact) mass is 569 g/mol. The summed E-state index contributed by atoms with van der Waals surface area (Å²) >= 11 is 0. The summed E-state index contributed by atoms with van der Waals surface area (Å²) in [4.78, 5) is 46.7. The number of sulfonamides is 1. The number of benzene rings is 1. The summed E-state index contributed by atoms with van der Waals surface area (Å²) in [7, 11) is -4.96. The maximum atomic E-state index is 14.9. The van der Waals surface area contributed by atoms with Crippen LogP contribution in [0.4, 0.5) is 0 Å². The van der Waals surface area contributed by atoms with Crippen molar-refractivity contribution >= 4 is 38.6 Å². The topological polar surface area (TPSA) is 192 Å². The van der Waals surface area contributed by atoms with Crippen LogP contribution in [0.2, 0.25) is 0 Å². The van der Waals surface area contributed by atoms with Crippen molar-refractivity contribution < 1.29 is 32.0 Å². The van der Waals surface area contributed by atoms with E-state index in [1.807, 2.05) is 0 Å². The Hall–Kier alpha value is -3.78. The lowest BCUT2D eigenvalue weighted by Gasteiger charge is -2.47. The van der Waals surface area contributed by atoms with Crippen LogP contribution in [-0.2, 0) is 26.0 Å². The van der Waals surface area contributed by atoms with Crippen molar-refractivity contribution in [3.63, 3.8) is 0 Å². The fourth-order valence-electron chi connectivity index (χ4n) is 5.31. The fraction of sp³-hybridized carbons (Fsp3) is 0.370. The number of nitrogens with one attached hydrogen (secondary N) is 1. The van der Waals surface area contributed by atoms with Crippen LogP contribution >= 0.6 is 0 Å². The zero-order valence-corrected chi connectivity index (χ0v) is 22.8. The first-order valence-corrected chi connectivity index (χ1v) is 14.3. The minimum absolute atomic E-state index is 0.0869. The van der Waals surface area contributed by atoms with Crippen molar-refractivity contribution in [1.29, 1.82) is 0 Å². The molecule has 212 valence electrons. The van der Waals surface area contributed by atoms with Gasteiger partial charge in [0, 0.05) is 43.8 Å².